The molecule has 1 aliphatic heterocycles. The van der Waals surface area contributed by atoms with Gasteiger partial charge in [-0.25, -0.2) is 0 Å². The van der Waals surface area contributed by atoms with Crippen molar-refractivity contribution < 1.29 is 0 Å². The van der Waals surface area contributed by atoms with Gasteiger partial charge in [-0.1, -0.05) is 12.1 Å². The van der Waals surface area contributed by atoms with Gasteiger partial charge in [-0.2, -0.15) is 0 Å². The van der Waals surface area contributed by atoms with Gasteiger partial charge in [-0.15, -0.1) is 0 Å². The number of anilines is 1. The smallest absolute Gasteiger partial charge is 0.124 e. The third-order valence-electron chi connectivity index (χ3n) is 3.04. The summed E-state index contributed by atoms with van der Waals surface area (Å²) in [5.74, 6) is 0.148. The Morgan fingerprint density at radius 1 is 1.19 bits per heavy atom. The molecule has 0 spiro atoms. The molecule has 4 nitrogen and oxygen atoms in total. The Hall–Kier alpha value is -1.55. The Morgan fingerprint density at radius 3 is 2.44 bits per heavy atom. The lowest BCUT2D eigenvalue weighted by Crippen LogP contribution is -2.45. The number of nitrogens with one attached hydrogen (secondary N) is 1. The van der Waals surface area contributed by atoms with E-state index in [4.69, 9.17) is 11.1 Å². The number of benzene rings is 1. The first-order chi connectivity index (χ1) is 7.68. The molecule has 1 aromatic rings. The van der Waals surface area contributed by atoms with Crippen molar-refractivity contribution in [3.8, 4) is 0 Å². The lowest BCUT2D eigenvalue weighted by molar-refractivity contribution is 0.313. The predicted molar refractivity (Wildman–Crippen MR) is 67.2 cm³/mol. The highest BCUT2D eigenvalue weighted by molar-refractivity contribution is 6.00. The molecule has 1 heterocycles. The molecular formula is C12H18N4. The van der Waals surface area contributed by atoms with Crippen molar-refractivity contribution in [3.63, 3.8) is 0 Å². The van der Waals surface area contributed by atoms with Crippen LogP contribution in [0.25, 0.3) is 0 Å². The molecule has 4 heteroatoms. The zero-order chi connectivity index (χ0) is 11.5. The molecule has 16 heavy (non-hydrogen) atoms. The number of hydrogen-bond acceptors (Lipinski definition) is 3. The number of rotatable bonds is 2. The quantitative estimate of drug-likeness (QED) is 0.568. The molecule has 2 rings (SSSR count). The Kier molecular flexibility index (Phi) is 3.10. The Morgan fingerprint density at radius 2 is 1.81 bits per heavy atom. The molecule has 86 valence electrons. The number of likely N-dealkylation sites (N-methyl/N-ethyl adjacent to an activating group) is 1. The molecule has 0 aliphatic carbocycles. The average molecular weight is 218 g/mol. The second kappa shape index (κ2) is 4.53. The van der Waals surface area contributed by atoms with Gasteiger partial charge in [-0.05, 0) is 19.2 Å². The lowest BCUT2D eigenvalue weighted by atomic mass is 10.1. The lowest BCUT2D eigenvalue weighted by Gasteiger charge is -2.35. The Bertz CT molecular complexity index is 380. The van der Waals surface area contributed by atoms with E-state index in [1.165, 1.54) is 0 Å². The molecule has 1 aliphatic rings. The Balaban J connectivity index is 2.23. The molecule has 0 amide bonds. The maximum Gasteiger partial charge on any atom is 0.124 e. The van der Waals surface area contributed by atoms with Gasteiger partial charge in [0.1, 0.15) is 5.84 Å². The summed E-state index contributed by atoms with van der Waals surface area (Å²) in [6.45, 7) is 4.13. The molecule has 0 radical (unpaired) electrons. The van der Waals surface area contributed by atoms with E-state index in [0.29, 0.717) is 0 Å². The van der Waals surface area contributed by atoms with Crippen molar-refractivity contribution in [1.82, 2.24) is 4.90 Å². The minimum Gasteiger partial charge on any atom is -0.384 e. The van der Waals surface area contributed by atoms with Crippen LogP contribution in [-0.4, -0.2) is 44.0 Å². The summed E-state index contributed by atoms with van der Waals surface area (Å²) in [4.78, 5) is 4.61. The maximum absolute atomic E-state index is 7.58. The molecule has 0 bridgehead atoms. The standard InChI is InChI=1S/C12H18N4/c1-15-6-8-16(9-7-15)11-5-3-2-4-10(11)12(13)14/h2-5H,6-9H2,1H3,(H3,13,14). The largest absolute Gasteiger partial charge is 0.384 e. The van der Waals surface area contributed by atoms with E-state index < -0.39 is 0 Å². The van der Waals surface area contributed by atoms with E-state index >= 15 is 0 Å². The fraction of sp³-hybridized carbons (Fsp3) is 0.417. The molecule has 1 fully saturated rings. The van der Waals surface area contributed by atoms with Crippen LogP contribution in [0.15, 0.2) is 24.3 Å². The first-order valence-corrected chi connectivity index (χ1v) is 5.55. The monoisotopic (exact) mass is 218 g/mol. The van der Waals surface area contributed by atoms with Gasteiger partial charge in [0.2, 0.25) is 0 Å². The van der Waals surface area contributed by atoms with Crippen LogP contribution in [0, 0.1) is 5.41 Å². The highest BCUT2D eigenvalue weighted by Crippen LogP contribution is 2.20. The molecular weight excluding hydrogens is 200 g/mol. The molecule has 3 N–H and O–H groups in total. The highest BCUT2D eigenvalue weighted by atomic mass is 15.2. The number of nitrogens with two attached hydrogens (primary N) is 1. The third kappa shape index (κ3) is 2.17. The summed E-state index contributed by atoms with van der Waals surface area (Å²) < 4.78 is 0. The summed E-state index contributed by atoms with van der Waals surface area (Å²) in [5, 5.41) is 7.58. The van der Waals surface area contributed by atoms with Crippen molar-refractivity contribution in [2.75, 3.05) is 38.1 Å². The van der Waals surface area contributed by atoms with E-state index in [9.17, 15) is 0 Å². The average Bonchev–Trinajstić information content (AvgIpc) is 2.30. The summed E-state index contributed by atoms with van der Waals surface area (Å²) in [6, 6.07) is 7.88. The molecule has 0 unspecified atom stereocenters. The number of para-hydroxylation sites is 1. The van der Waals surface area contributed by atoms with Gasteiger partial charge in [-0.3, -0.25) is 5.41 Å². The van der Waals surface area contributed by atoms with Gasteiger partial charge >= 0.3 is 0 Å². The van der Waals surface area contributed by atoms with Crippen molar-refractivity contribution in [2.24, 2.45) is 5.73 Å². The summed E-state index contributed by atoms with van der Waals surface area (Å²) in [5.41, 5.74) is 7.52. The fourth-order valence-corrected chi connectivity index (χ4v) is 2.02. The van der Waals surface area contributed by atoms with Crippen LogP contribution in [-0.2, 0) is 0 Å². The topological polar surface area (TPSA) is 56.4 Å². The predicted octanol–water partition coefficient (Wildman–Crippen LogP) is 0.722. The van der Waals surface area contributed by atoms with Crippen molar-refractivity contribution in [1.29, 1.82) is 5.41 Å². The van der Waals surface area contributed by atoms with E-state index in [-0.39, 0.29) is 5.84 Å². The number of amidine groups is 1. The number of piperazine rings is 1. The van der Waals surface area contributed by atoms with Crippen LogP contribution in [0.2, 0.25) is 0 Å². The fourth-order valence-electron chi connectivity index (χ4n) is 2.02. The third-order valence-corrected chi connectivity index (χ3v) is 3.04. The summed E-state index contributed by atoms with van der Waals surface area (Å²) in [6.07, 6.45) is 0. The minimum atomic E-state index is 0.148. The van der Waals surface area contributed by atoms with Crippen LogP contribution < -0.4 is 10.6 Å². The normalized spacial score (nSPS) is 17.4. The van der Waals surface area contributed by atoms with Crippen molar-refractivity contribution >= 4 is 11.5 Å². The summed E-state index contributed by atoms with van der Waals surface area (Å²) in [7, 11) is 2.13. The zero-order valence-electron chi connectivity index (χ0n) is 9.61. The number of nitrogen functional groups attached to an aromatic ring is 1. The van der Waals surface area contributed by atoms with Crippen LogP contribution in [0.3, 0.4) is 0 Å². The number of nitrogens with zero attached hydrogens (tertiary/aromatic N) is 2. The van der Waals surface area contributed by atoms with Gasteiger partial charge in [0.15, 0.2) is 0 Å². The van der Waals surface area contributed by atoms with Crippen molar-refractivity contribution in [2.45, 2.75) is 0 Å². The molecule has 1 aromatic carbocycles. The van der Waals surface area contributed by atoms with Gasteiger partial charge in [0, 0.05) is 37.4 Å². The van der Waals surface area contributed by atoms with Crippen molar-refractivity contribution in [3.05, 3.63) is 29.8 Å². The van der Waals surface area contributed by atoms with Gasteiger partial charge < -0.3 is 15.5 Å². The van der Waals surface area contributed by atoms with Gasteiger partial charge in [0.25, 0.3) is 0 Å². The number of hydrogen-bond donors (Lipinski definition) is 2. The Labute approximate surface area is 96.2 Å². The second-order valence-electron chi connectivity index (χ2n) is 4.22. The first-order valence-electron chi connectivity index (χ1n) is 5.55. The van der Waals surface area contributed by atoms with Crippen LogP contribution in [0.1, 0.15) is 5.56 Å². The highest BCUT2D eigenvalue weighted by Gasteiger charge is 2.17. The van der Waals surface area contributed by atoms with E-state index in [0.717, 1.165) is 37.4 Å². The maximum atomic E-state index is 7.58. The minimum absolute atomic E-state index is 0.148. The zero-order valence-corrected chi connectivity index (χ0v) is 9.61. The van der Waals surface area contributed by atoms with E-state index in [2.05, 4.69) is 16.8 Å². The van der Waals surface area contributed by atoms with Gasteiger partial charge in [0.05, 0.1) is 0 Å². The molecule has 1 saturated heterocycles. The van der Waals surface area contributed by atoms with Crippen LogP contribution in [0.5, 0.6) is 0 Å². The SMILES string of the molecule is CN1CCN(c2ccccc2C(=N)N)CC1. The van der Waals surface area contributed by atoms with E-state index in [1.807, 2.05) is 24.3 Å². The van der Waals surface area contributed by atoms with Crippen LogP contribution >= 0.6 is 0 Å². The molecule has 0 aromatic heterocycles. The van der Waals surface area contributed by atoms with E-state index in [1.54, 1.807) is 0 Å². The molecule has 0 atom stereocenters. The first kappa shape index (κ1) is 11.0. The molecule has 0 saturated carbocycles. The second-order valence-corrected chi connectivity index (χ2v) is 4.22. The summed E-state index contributed by atoms with van der Waals surface area (Å²) >= 11 is 0. The van der Waals surface area contributed by atoms with Crippen LogP contribution in [0.4, 0.5) is 5.69 Å².